The van der Waals surface area contributed by atoms with Gasteiger partial charge in [-0.25, -0.2) is 4.79 Å². The fourth-order valence-corrected chi connectivity index (χ4v) is 2.12. The SMILES string of the molecule is CC(=O)O[C@@H]1CN[C@H](COc2ccc(C(=O)O)cc2)C1. The third kappa shape index (κ3) is 3.96. The molecule has 2 atom stereocenters. The van der Waals surface area contributed by atoms with Crippen LogP contribution in [-0.2, 0) is 9.53 Å². The first-order chi connectivity index (χ1) is 9.54. The molecule has 1 aromatic rings. The minimum Gasteiger partial charge on any atom is -0.492 e. The number of esters is 1. The van der Waals surface area contributed by atoms with Crippen molar-refractivity contribution >= 4 is 11.9 Å². The Labute approximate surface area is 116 Å². The Morgan fingerprint density at radius 3 is 2.65 bits per heavy atom. The van der Waals surface area contributed by atoms with E-state index in [4.69, 9.17) is 14.6 Å². The smallest absolute Gasteiger partial charge is 0.335 e. The molecule has 0 spiro atoms. The number of benzene rings is 1. The molecule has 0 amide bonds. The van der Waals surface area contributed by atoms with E-state index in [0.29, 0.717) is 25.3 Å². The molecular weight excluding hydrogens is 262 g/mol. The van der Waals surface area contributed by atoms with Crippen molar-refractivity contribution in [2.75, 3.05) is 13.2 Å². The van der Waals surface area contributed by atoms with Crippen LogP contribution in [0.2, 0.25) is 0 Å². The summed E-state index contributed by atoms with van der Waals surface area (Å²) in [5, 5.41) is 12.0. The molecule has 0 bridgehead atoms. The summed E-state index contributed by atoms with van der Waals surface area (Å²) >= 11 is 0. The molecule has 0 saturated carbocycles. The highest BCUT2D eigenvalue weighted by atomic mass is 16.5. The summed E-state index contributed by atoms with van der Waals surface area (Å²) in [6, 6.07) is 6.38. The molecule has 0 aliphatic carbocycles. The van der Waals surface area contributed by atoms with Gasteiger partial charge in [0.2, 0.25) is 0 Å². The molecule has 1 aromatic carbocycles. The zero-order valence-corrected chi connectivity index (χ0v) is 11.2. The monoisotopic (exact) mass is 279 g/mol. The fraction of sp³-hybridized carbons (Fsp3) is 0.429. The highest BCUT2D eigenvalue weighted by Crippen LogP contribution is 2.15. The topological polar surface area (TPSA) is 84.9 Å². The van der Waals surface area contributed by atoms with Crippen LogP contribution in [0.15, 0.2) is 24.3 Å². The van der Waals surface area contributed by atoms with Crippen molar-refractivity contribution in [3.63, 3.8) is 0 Å². The lowest BCUT2D eigenvalue weighted by Gasteiger charge is -2.12. The minimum atomic E-state index is -0.960. The van der Waals surface area contributed by atoms with E-state index < -0.39 is 5.97 Å². The van der Waals surface area contributed by atoms with Gasteiger partial charge in [0.1, 0.15) is 18.5 Å². The summed E-state index contributed by atoms with van der Waals surface area (Å²) in [5.74, 6) is -0.617. The maximum atomic E-state index is 10.8. The lowest BCUT2D eigenvalue weighted by atomic mass is 10.2. The van der Waals surface area contributed by atoms with Crippen molar-refractivity contribution in [3.8, 4) is 5.75 Å². The van der Waals surface area contributed by atoms with Crippen molar-refractivity contribution in [1.29, 1.82) is 0 Å². The van der Waals surface area contributed by atoms with Gasteiger partial charge < -0.3 is 19.9 Å². The zero-order valence-electron chi connectivity index (χ0n) is 11.2. The molecule has 1 fully saturated rings. The summed E-state index contributed by atoms with van der Waals surface area (Å²) in [6.07, 6.45) is 0.614. The molecule has 2 N–H and O–H groups in total. The van der Waals surface area contributed by atoms with E-state index in [9.17, 15) is 9.59 Å². The maximum absolute atomic E-state index is 10.8. The predicted molar refractivity (Wildman–Crippen MR) is 70.9 cm³/mol. The van der Waals surface area contributed by atoms with Crippen LogP contribution in [-0.4, -0.2) is 42.3 Å². The minimum absolute atomic E-state index is 0.101. The highest BCUT2D eigenvalue weighted by molar-refractivity contribution is 5.87. The van der Waals surface area contributed by atoms with Crippen LogP contribution in [0.25, 0.3) is 0 Å². The van der Waals surface area contributed by atoms with Gasteiger partial charge in [-0.1, -0.05) is 0 Å². The Balaban J connectivity index is 1.78. The first-order valence-electron chi connectivity index (χ1n) is 6.41. The number of carboxylic acid groups (broad SMARTS) is 1. The highest BCUT2D eigenvalue weighted by Gasteiger charge is 2.26. The van der Waals surface area contributed by atoms with E-state index in [0.717, 1.165) is 0 Å². The summed E-state index contributed by atoms with van der Waals surface area (Å²) < 4.78 is 10.7. The standard InChI is InChI=1S/C14H17NO5/c1-9(16)20-13-6-11(15-7-13)8-19-12-4-2-10(3-5-12)14(17)18/h2-5,11,13,15H,6-8H2,1H3,(H,17,18)/t11-,13-/m0/s1. The second-order valence-electron chi connectivity index (χ2n) is 4.71. The van der Waals surface area contributed by atoms with E-state index in [-0.39, 0.29) is 23.7 Å². The molecule has 1 heterocycles. The van der Waals surface area contributed by atoms with Crippen LogP contribution in [0.4, 0.5) is 0 Å². The number of rotatable bonds is 5. The molecular formula is C14H17NO5. The third-order valence-electron chi connectivity index (χ3n) is 3.07. The maximum Gasteiger partial charge on any atom is 0.335 e. The molecule has 6 heteroatoms. The average molecular weight is 279 g/mol. The Morgan fingerprint density at radius 1 is 1.35 bits per heavy atom. The van der Waals surface area contributed by atoms with Crippen molar-refractivity contribution in [3.05, 3.63) is 29.8 Å². The molecule has 108 valence electrons. The molecule has 1 saturated heterocycles. The van der Waals surface area contributed by atoms with Crippen molar-refractivity contribution < 1.29 is 24.2 Å². The largest absolute Gasteiger partial charge is 0.492 e. The summed E-state index contributed by atoms with van der Waals surface area (Å²) in [7, 11) is 0. The van der Waals surface area contributed by atoms with Crippen molar-refractivity contribution in [2.45, 2.75) is 25.5 Å². The number of hydrogen-bond acceptors (Lipinski definition) is 5. The second kappa shape index (κ2) is 6.38. The fourth-order valence-electron chi connectivity index (χ4n) is 2.12. The number of aromatic carboxylic acids is 1. The van der Waals surface area contributed by atoms with E-state index in [1.165, 1.54) is 19.1 Å². The number of ether oxygens (including phenoxy) is 2. The molecule has 0 aromatic heterocycles. The predicted octanol–water partition coefficient (Wildman–Crippen LogP) is 1.06. The van der Waals surface area contributed by atoms with Crippen molar-refractivity contribution in [1.82, 2.24) is 5.32 Å². The first kappa shape index (κ1) is 14.3. The van der Waals surface area contributed by atoms with Gasteiger partial charge in [0.25, 0.3) is 0 Å². The van der Waals surface area contributed by atoms with Crippen LogP contribution in [0.5, 0.6) is 5.75 Å². The van der Waals surface area contributed by atoms with Crippen LogP contribution in [0.1, 0.15) is 23.7 Å². The lowest BCUT2D eigenvalue weighted by molar-refractivity contribution is -0.145. The van der Waals surface area contributed by atoms with E-state index in [1.807, 2.05) is 0 Å². The number of carbonyl (C=O) groups excluding carboxylic acids is 1. The first-order valence-corrected chi connectivity index (χ1v) is 6.41. The molecule has 2 rings (SSSR count). The Morgan fingerprint density at radius 2 is 2.05 bits per heavy atom. The van der Waals surface area contributed by atoms with E-state index >= 15 is 0 Å². The molecule has 20 heavy (non-hydrogen) atoms. The van der Waals surface area contributed by atoms with Crippen molar-refractivity contribution in [2.24, 2.45) is 0 Å². The third-order valence-corrected chi connectivity index (χ3v) is 3.07. The molecule has 6 nitrogen and oxygen atoms in total. The van der Waals surface area contributed by atoms with Gasteiger partial charge in [-0.05, 0) is 24.3 Å². The van der Waals surface area contributed by atoms with Crippen LogP contribution < -0.4 is 10.1 Å². The van der Waals surface area contributed by atoms with Gasteiger partial charge in [0, 0.05) is 25.9 Å². The quantitative estimate of drug-likeness (QED) is 0.784. The summed E-state index contributed by atoms with van der Waals surface area (Å²) in [6.45, 7) is 2.48. The normalized spacial score (nSPS) is 21.4. The summed E-state index contributed by atoms with van der Waals surface area (Å²) in [5.41, 5.74) is 0.228. The van der Waals surface area contributed by atoms with Gasteiger partial charge in [-0.2, -0.15) is 0 Å². The Hall–Kier alpha value is -2.08. The number of carbonyl (C=O) groups is 2. The molecule has 0 radical (unpaired) electrons. The Bertz CT molecular complexity index is 485. The average Bonchev–Trinajstić information content (AvgIpc) is 2.83. The van der Waals surface area contributed by atoms with E-state index in [1.54, 1.807) is 12.1 Å². The molecule has 0 unspecified atom stereocenters. The van der Waals surface area contributed by atoms with Gasteiger partial charge in [0.15, 0.2) is 0 Å². The van der Waals surface area contributed by atoms with Gasteiger partial charge in [0.05, 0.1) is 5.56 Å². The second-order valence-corrected chi connectivity index (χ2v) is 4.71. The van der Waals surface area contributed by atoms with Gasteiger partial charge in [-0.3, -0.25) is 4.79 Å². The Kier molecular flexibility index (Phi) is 4.57. The van der Waals surface area contributed by atoms with Crippen LogP contribution in [0.3, 0.4) is 0 Å². The van der Waals surface area contributed by atoms with Gasteiger partial charge in [-0.15, -0.1) is 0 Å². The van der Waals surface area contributed by atoms with Gasteiger partial charge >= 0.3 is 11.9 Å². The van der Waals surface area contributed by atoms with E-state index in [2.05, 4.69) is 5.32 Å². The number of carboxylic acids is 1. The number of nitrogens with one attached hydrogen (secondary N) is 1. The molecule has 1 aliphatic rings. The lowest BCUT2D eigenvalue weighted by Crippen LogP contribution is -2.28. The molecule has 1 aliphatic heterocycles. The number of hydrogen-bond donors (Lipinski definition) is 2. The zero-order chi connectivity index (χ0) is 14.5. The summed E-state index contributed by atoms with van der Waals surface area (Å²) in [4.78, 5) is 21.6. The van der Waals surface area contributed by atoms with Crippen LogP contribution in [0, 0.1) is 0 Å². The van der Waals surface area contributed by atoms with Crippen LogP contribution >= 0.6 is 0 Å².